The van der Waals surface area contributed by atoms with Crippen LogP contribution in [0.5, 0.6) is 0 Å². The van der Waals surface area contributed by atoms with Gasteiger partial charge >= 0.3 is 13.8 Å². The van der Waals surface area contributed by atoms with Crippen LogP contribution in [0.1, 0.15) is 329 Å². The predicted molar refractivity (Wildman–Crippen MR) is 351 cm³/mol. The second-order valence-electron chi connectivity index (χ2n) is 24.7. The van der Waals surface area contributed by atoms with Crippen molar-refractivity contribution in [2.75, 3.05) is 40.9 Å². The lowest BCUT2D eigenvalue weighted by Gasteiger charge is -2.27. The molecular weight excluding hydrogens is 1020 g/mol. The number of ether oxygens (including phenoxy) is 1. The molecule has 0 aromatic heterocycles. The van der Waals surface area contributed by atoms with Crippen molar-refractivity contribution in [3.05, 3.63) is 60.8 Å². The minimum absolute atomic E-state index is 0.0386. The zero-order valence-electron chi connectivity index (χ0n) is 54.3. The third kappa shape index (κ3) is 62.1. The number of nitrogens with zero attached hydrogens (tertiary/aromatic N) is 1. The summed E-state index contributed by atoms with van der Waals surface area (Å²) in [4.78, 5) is 37.9. The summed E-state index contributed by atoms with van der Waals surface area (Å²) in [6.45, 7) is 7.02. The van der Waals surface area contributed by atoms with Crippen LogP contribution in [-0.4, -0.2) is 74.3 Å². The molecule has 3 unspecified atom stereocenters. The van der Waals surface area contributed by atoms with E-state index in [1.54, 1.807) is 0 Å². The molecule has 0 aliphatic heterocycles. The summed E-state index contributed by atoms with van der Waals surface area (Å²) in [5.74, 6) is -0.503. The predicted octanol–water partition coefficient (Wildman–Crippen LogP) is 21.8. The van der Waals surface area contributed by atoms with E-state index in [1.807, 2.05) is 33.3 Å². The molecule has 0 aliphatic rings. The average Bonchev–Trinajstić information content (AvgIpc) is 3.44. The molecule has 0 bridgehead atoms. The highest BCUT2D eigenvalue weighted by molar-refractivity contribution is 7.47. The van der Waals surface area contributed by atoms with Crippen molar-refractivity contribution in [1.82, 2.24) is 5.32 Å². The van der Waals surface area contributed by atoms with Gasteiger partial charge in [0.25, 0.3) is 0 Å². The molecule has 9 nitrogen and oxygen atoms in total. The fraction of sp³-hybridized carbons (Fsp3) is 0.831. The third-order valence-electron chi connectivity index (χ3n) is 15.4. The van der Waals surface area contributed by atoms with Crippen LogP contribution in [0, 0.1) is 0 Å². The zero-order valence-corrected chi connectivity index (χ0v) is 55.2. The van der Waals surface area contributed by atoms with Gasteiger partial charge in [0.15, 0.2) is 0 Å². The van der Waals surface area contributed by atoms with Crippen LogP contribution in [0.3, 0.4) is 0 Å². The first-order valence-electron chi connectivity index (χ1n) is 34.6. The Kier molecular flexibility index (Phi) is 59.1. The molecule has 3 atom stereocenters. The number of likely N-dealkylation sites (N-methyl/N-ethyl adjacent to an activating group) is 1. The molecular formula is C71H134N2O7P+. The zero-order chi connectivity index (χ0) is 59.3. The standard InChI is InChI=1S/C71H133N2O7P/c1-7-10-13-16-19-22-25-28-30-32-34-36-38-40-42-45-48-51-54-57-60-63-70(74)72-68(67-79-81(76,77)78-66-65-73(4,5)6)69(62-59-56-53-50-47-44-27-24-21-18-15-12-9-3)80-71(75)64-61-58-55-52-49-46-43-41-39-37-35-33-31-29-26-23-20-17-14-11-8-2/h20,23,28-31,35,37,59,62,68-69H,7-19,21-22,24-27,32-34,36,38-58,60-61,63-67H2,1-6H3,(H-,72,74,76,77)/p+1/b23-20-,30-28+,31-29-,37-35-,62-59+. The lowest BCUT2D eigenvalue weighted by atomic mass is 10.0. The highest BCUT2D eigenvalue weighted by Gasteiger charge is 2.30. The van der Waals surface area contributed by atoms with Crippen molar-refractivity contribution in [2.45, 2.75) is 341 Å². The van der Waals surface area contributed by atoms with Crippen molar-refractivity contribution in [2.24, 2.45) is 0 Å². The second kappa shape index (κ2) is 60.8. The molecule has 0 rings (SSSR count). The van der Waals surface area contributed by atoms with Gasteiger partial charge in [-0.1, -0.05) is 281 Å². The number of phosphoric acid groups is 1. The first-order valence-corrected chi connectivity index (χ1v) is 36.1. The first kappa shape index (κ1) is 78.7. The monoisotopic (exact) mass is 1160 g/mol. The minimum Gasteiger partial charge on any atom is -0.456 e. The molecule has 0 aliphatic carbocycles. The molecule has 0 heterocycles. The van der Waals surface area contributed by atoms with E-state index in [-0.39, 0.29) is 31.5 Å². The normalized spacial score (nSPS) is 13.9. The summed E-state index contributed by atoms with van der Waals surface area (Å²) in [6.07, 6.45) is 77.9. The van der Waals surface area contributed by atoms with Gasteiger partial charge in [0, 0.05) is 12.8 Å². The Bertz CT molecular complexity index is 1570. The number of phosphoric ester groups is 1. The van der Waals surface area contributed by atoms with Crippen LogP contribution in [0.2, 0.25) is 0 Å². The van der Waals surface area contributed by atoms with E-state index in [0.717, 1.165) is 83.5 Å². The topological polar surface area (TPSA) is 111 Å². The highest BCUT2D eigenvalue weighted by atomic mass is 31.2. The van der Waals surface area contributed by atoms with Gasteiger partial charge in [-0.15, -0.1) is 0 Å². The van der Waals surface area contributed by atoms with E-state index in [9.17, 15) is 19.0 Å². The molecule has 81 heavy (non-hydrogen) atoms. The number of nitrogens with one attached hydrogen (secondary N) is 1. The molecule has 0 saturated carbocycles. The van der Waals surface area contributed by atoms with Crippen molar-refractivity contribution in [1.29, 1.82) is 0 Å². The van der Waals surface area contributed by atoms with Gasteiger partial charge in [0.05, 0.1) is 33.8 Å². The Labute approximate surface area is 502 Å². The van der Waals surface area contributed by atoms with E-state index in [0.29, 0.717) is 17.4 Å². The largest absolute Gasteiger partial charge is 0.472 e. The quantitative estimate of drug-likeness (QED) is 0.0205. The summed E-state index contributed by atoms with van der Waals surface area (Å²) in [5.41, 5.74) is 0. The van der Waals surface area contributed by atoms with Gasteiger partial charge in [0.1, 0.15) is 19.3 Å². The molecule has 0 aromatic carbocycles. The summed E-state index contributed by atoms with van der Waals surface area (Å²) in [6, 6.07) is -0.853. The van der Waals surface area contributed by atoms with Crippen molar-refractivity contribution < 1.29 is 37.3 Å². The Morgan fingerprint density at radius 1 is 0.432 bits per heavy atom. The maximum absolute atomic E-state index is 13.6. The maximum Gasteiger partial charge on any atom is 0.472 e. The number of carbonyl (C=O) groups is 2. The summed E-state index contributed by atoms with van der Waals surface area (Å²) in [7, 11) is 1.50. The fourth-order valence-corrected chi connectivity index (χ4v) is 10.8. The molecule has 0 spiro atoms. The Balaban J connectivity index is 5.17. The summed E-state index contributed by atoms with van der Waals surface area (Å²) >= 11 is 0. The van der Waals surface area contributed by atoms with Gasteiger partial charge in [-0.25, -0.2) is 4.57 Å². The van der Waals surface area contributed by atoms with E-state index in [1.165, 1.54) is 212 Å². The van der Waals surface area contributed by atoms with Crippen LogP contribution in [0.4, 0.5) is 0 Å². The van der Waals surface area contributed by atoms with Gasteiger partial charge < -0.3 is 19.4 Å². The molecule has 10 heteroatoms. The van der Waals surface area contributed by atoms with Gasteiger partial charge in [0.2, 0.25) is 5.91 Å². The van der Waals surface area contributed by atoms with E-state index >= 15 is 0 Å². The molecule has 0 fully saturated rings. The van der Waals surface area contributed by atoms with E-state index in [2.05, 4.69) is 74.7 Å². The number of esters is 1. The van der Waals surface area contributed by atoms with Crippen molar-refractivity contribution >= 4 is 19.7 Å². The second-order valence-corrected chi connectivity index (χ2v) is 26.1. The number of amides is 1. The lowest BCUT2D eigenvalue weighted by Crippen LogP contribution is -2.47. The fourth-order valence-electron chi connectivity index (χ4n) is 10.1. The number of hydrogen-bond acceptors (Lipinski definition) is 6. The van der Waals surface area contributed by atoms with Crippen LogP contribution in [-0.2, 0) is 27.9 Å². The summed E-state index contributed by atoms with van der Waals surface area (Å²) in [5, 5.41) is 3.07. The number of unbranched alkanes of at least 4 members (excludes halogenated alkanes) is 39. The van der Waals surface area contributed by atoms with Crippen molar-refractivity contribution in [3.63, 3.8) is 0 Å². The smallest absolute Gasteiger partial charge is 0.456 e. The number of quaternary nitrogens is 1. The minimum atomic E-state index is -4.46. The van der Waals surface area contributed by atoms with Gasteiger partial charge in [-0.05, 0) is 96.0 Å². The molecule has 2 N–H and O–H groups in total. The molecule has 474 valence electrons. The average molecular weight is 1160 g/mol. The molecule has 0 aromatic rings. The number of hydrogen-bond donors (Lipinski definition) is 2. The molecule has 0 saturated heterocycles. The van der Waals surface area contributed by atoms with Gasteiger partial charge in [-0.3, -0.25) is 18.6 Å². The molecule has 0 radical (unpaired) electrons. The summed E-state index contributed by atoms with van der Waals surface area (Å²) < 4.78 is 30.8. The number of rotatable bonds is 63. The van der Waals surface area contributed by atoms with Crippen LogP contribution in [0.15, 0.2) is 60.8 Å². The first-order chi connectivity index (χ1) is 39.4. The Morgan fingerprint density at radius 2 is 0.753 bits per heavy atom. The SMILES string of the molecule is CCCCC/C=C\C/C=C\C/C=C\CCCCCCCCCCC(=O)OC(/C=C/CCCCCCCCCCCCC)C(COP(=O)(O)OCC[N+](C)(C)C)NC(=O)CCCCCCCCCCCCC/C=C/CCCCCCCC. The van der Waals surface area contributed by atoms with E-state index < -0.39 is 20.0 Å². The van der Waals surface area contributed by atoms with E-state index in [4.69, 9.17) is 13.8 Å². The maximum atomic E-state index is 13.6. The van der Waals surface area contributed by atoms with Crippen LogP contribution >= 0.6 is 7.82 Å². The Morgan fingerprint density at radius 3 is 1.16 bits per heavy atom. The number of carbonyl (C=O) groups excluding carboxylic acids is 2. The Hall–Kier alpha value is -2.29. The van der Waals surface area contributed by atoms with Crippen LogP contribution < -0.4 is 5.32 Å². The van der Waals surface area contributed by atoms with Gasteiger partial charge in [-0.2, -0.15) is 0 Å². The molecule has 1 amide bonds. The lowest BCUT2D eigenvalue weighted by molar-refractivity contribution is -0.870. The van der Waals surface area contributed by atoms with Crippen molar-refractivity contribution in [3.8, 4) is 0 Å². The van der Waals surface area contributed by atoms with Crippen LogP contribution in [0.25, 0.3) is 0 Å². The highest BCUT2D eigenvalue weighted by Crippen LogP contribution is 2.43. The third-order valence-corrected chi connectivity index (χ3v) is 16.4. The number of allylic oxidation sites excluding steroid dienone is 9.